The Hall–Kier alpha value is -4.41. The van der Waals surface area contributed by atoms with Gasteiger partial charge in [-0.1, -0.05) is 6.07 Å². The molecule has 0 saturated carbocycles. The summed E-state index contributed by atoms with van der Waals surface area (Å²) in [6, 6.07) is 11.1. The van der Waals surface area contributed by atoms with Gasteiger partial charge in [-0.2, -0.15) is 0 Å². The summed E-state index contributed by atoms with van der Waals surface area (Å²) in [4.78, 5) is 47.0. The molecule has 206 valence electrons. The van der Waals surface area contributed by atoms with Crippen molar-refractivity contribution in [2.24, 2.45) is 5.73 Å². The van der Waals surface area contributed by atoms with E-state index < -0.39 is 17.3 Å². The van der Waals surface area contributed by atoms with Gasteiger partial charge < -0.3 is 31.4 Å². The van der Waals surface area contributed by atoms with Gasteiger partial charge in [-0.25, -0.2) is 4.98 Å². The van der Waals surface area contributed by atoms with Crippen LogP contribution in [-0.4, -0.2) is 63.2 Å². The maximum absolute atomic E-state index is 13.8. The number of carbonyl (C=O) groups excluding carboxylic acids is 2. The molecule has 1 atom stereocenters. The van der Waals surface area contributed by atoms with E-state index in [1.807, 2.05) is 43.0 Å². The number of rotatable bonds is 11. The Morgan fingerprint density at radius 2 is 1.82 bits per heavy atom. The summed E-state index contributed by atoms with van der Waals surface area (Å²) >= 11 is 0. The predicted molar refractivity (Wildman–Crippen MR) is 149 cm³/mol. The number of imidazole rings is 1. The van der Waals surface area contributed by atoms with Gasteiger partial charge in [0.2, 0.25) is 11.8 Å². The lowest BCUT2D eigenvalue weighted by Gasteiger charge is -2.34. The Balaban J connectivity index is 1.58. The highest BCUT2D eigenvalue weighted by Gasteiger charge is 2.41. The van der Waals surface area contributed by atoms with Crippen LogP contribution < -0.4 is 16.4 Å². The molecule has 3 aromatic rings. The third-order valence-electron chi connectivity index (χ3n) is 7.28. The first-order valence-electron chi connectivity index (χ1n) is 13.0. The number of anilines is 1. The van der Waals surface area contributed by atoms with Crippen LogP contribution in [0, 0.1) is 12.3 Å². The van der Waals surface area contributed by atoms with Crippen molar-refractivity contribution < 1.29 is 19.5 Å². The summed E-state index contributed by atoms with van der Waals surface area (Å²) in [7, 11) is 0. The molecule has 2 amide bonds. The second kappa shape index (κ2) is 11.5. The molecule has 1 aliphatic heterocycles. The van der Waals surface area contributed by atoms with E-state index >= 15 is 0 Å². The van der Waals surface area contributed by atoms with E-state index in [9.17, 15) is 14.4 Å². The van der Waals surface area contributed by atoms with Crippen LogP contribution in [0.5, 0.6) is 0 Å². The number of nitrogens with two attached hydrogens (primary N) is 1. The number of nitrogen functional groups attached to an aromatic ring is 1. The van der Waals surface area contributed by atoms with Crippen molar-refractivity contribution >= 4 is 40.3 Å². The summed E-state index contributed by atoms with van der Waals surface area (Å²) in [6.07, 6.45) is 1.48. The van der Waals surface area contributed by atoms with Crippen LogP contribution in [0.15, 0.2) is 36.4 Å². The average molecular weight is 534 g/mol. The molecule has 39 heavy (non-hydrogen) atoms. The molecular weight excluding hydrogens is 498 g/mol. The zero-order chi connectivity index (χ0) is 28.2. The van der Waals surface area contributed by atoms with E-state index in [0.717, 1.165) is 46.5 Å². The molecule has 0 bridgehead atoms. The molecule has 0 spiro atoms. The number of carboxylic acids is 1. The third kappa shape index (κ3) is 6.19. The average Bonchev–Trinajstić information content (AvgIpc) is 3.60. The Kier molecular flexibility index (Phi) is 8.18. The first kappa shape index (κ1) is 27.6. The van der Waals surface area contributed by atoms with Crippen molar-refractivity contribution in [3.05, 3.63) is 58.9 Å². The normalized spacial score (nSPS) is 14.7. The number of hydrogen-bond donors (Lipinski definition) is 6. The van der Waals surface area contributed by atoms with Crippen molar-refractivity contribution in [3.63, 3.8) is 0 Å². The molecular formula is C28H35N7O4. The van der Waals surface area contributed by atoms with Crippen LogP contribution >= 0.6 is 0 Å². The number of likely N-dealkylation sites (tertiary alicyclic amines) is 1. The van der Waals surface area contributed by atoms with Crippen molar-refractivity contribution in [2.75, 3.05) is 25.0 Å². The van der Waals surface area contributed by atoms with Gasteiger partial charge in [0.15, 0.2) is 0 Å². The molecule has 1 unspecified atom stereocenters. The van der Waals surface area contributed by atoms with Crippen LogP contribution in [0.2, 0.25) is 0 Å². The van der Waals surface area contributed by atoms with Gasteiger partial charge >= 0.3 is 5.97 Å². The Bertz CT molecular complexity index is 1390. The topological polar surface area (TPSA) is 177 Å². The quantitative estimate of drug-likeness (QED) is 0.162. The van der Waals surface area contributed by atoms with Gasteiger partial charge in [-0.05, 0) is 68.1 Å². The number of fused-ring (bicyclic) bond motifs is 1. The van der Waals surface area contributed by atoms with Gasteiger partial charge in [0.05, 0.1) is 29.4 Å². The number of carbonyl (C=O) groups is 3. The van der Waals surface area contributed by atoms with E-state index in [4.69, 9.17) is 21.2 Å². The first-order chi connectivity index (χ1) is 18.6. The molecule has 11 nitrogen and oxygen atoms in total. The number of H-pyrrole nitrogens is 1. The molecule has 7 N–H and O–H groups in total. The molecule has 1 aliphatic rings. The molecule has 11 heteroatoms. The Morgan fingerprint density at radius 3 is 2.46 bits per heavy atom. The van der Waals surface area contributed by atoms with Crippen LogP contribution in [0.4, 0.5) is 5.69 Å². The second-order valence-electron chi connectivity index (χ2n) is 10.2. The van der Waals surface area contributed by atoms with E-state index in [-0.39, 0.29) is 31.1 Å². The molecule has 1 aromatic heterocycles. The number of nitrogens with one attached hydrogen (secondary N) is 4. The molecule has 0 aliphatic carbocycles. The summed E-state index contributed by atoms with van der Waals surface area (Å²) in [6.45, 7) is 5.61. The van der Waals surface area contributed by atoms with E-state index in [0.29, 0.717) is 25.2 Å². The molecule has 1 saturated heterocycles. The van der Waals surface area contributed by atoms with Crippen molar-refractivity contribution in [3.8, 4) is 0 Å². The van der Waals surface area contributed by atoms with Crippen LogP contribution in [0.3, 0.4) is 0 Å². The molecule has 0 radical (unpaired) electrons. The number of aromatic nitrogens is 2. The van der Waals surface area contributed by atoms with Crippen LogP contribution in [-0.2, 0) is 26.3 Å². The first-order valence-corrected chi connectivity index (χ1v) is 13.0. The highest BCUT2D eigenvalue weighted by atomic mass is 16.4. The second-order valence-corrected chi connectivity index (χ2v) is 10.2. The van der Waals surface area contributed by atoms with E-state index in [1.165, 1.54) is 0 Å². The molecule has 4 rings (SSSR count). The maximum Gasteiger partial charge on any atom is 0.303 e. The van der Waals surface area contributed by atoms with Crippen LogP contribution in [0.1, 0.15) is 55.1 Å². The van der Waals surface area contributed by atoms with Gasteiger partial charge in [0.1, 0.15) is 11.7 Å². The minimum absolute atomic E-state index is 0.0140. The Labute approximate surface area is 226 Å². The number of benzene rings is 2. The number of amidine groups is 1. The summed E-state index contributed by atoms with van der Waals surface area (Å²) < 4.78 is 0. The number of hydrogen-bond acceptors (Lipinski definition) is 6. The molecule has 1 fully saturated rings. The van der Waals surface area contributed by atoms with E-state index in [1.54, 1.807) is 12.1 Å². The predicted octanol–water partition coefficient (Wildman–Crippen LogP) is 2.63. The smallest absolute Gasteiger partial charge is 0.303 e. The van der Waals surface area contributed by atoms with Crippen LogP contribution in [0.25, 0.3) is 11.0 Å². The number of amides is 2. The van der Waals surface area contributed by atoms with E-state index in [2.05, 4.69) is 15.6 Å². The largest absolute Gasteiger partial charge is 0.481 e. The maximum atomic E-state index is 13.8. The minimum Gasteiger partial charge on any atom is -0.481 e. The van der Waals surface area contributed by atoms with Gasteiger partial charge in [0.25, 0.3) is 0 Å². The minimum atomic E-state index is -1.04. The van der Waals surface area contributed by atoms with Gasteiger partial charge in [-0.3, -0.25) is 19.8 Å². The highest BCUT2D eigenvalue weighted by Crippen LogP contribution is 2.33. The standard InChI is InChI=1S/C28H35N7O4/c1-17-20(28(2,27(39)35-13-3-4-14-35)16-32-23(36)11-12-24(37)38)9-10-21-25(17)34-22(33-21)15-31-19-7-5-18(6-8-19)26(29)30/h5-10,31H,3-4,11-16H2,1-2H3,(H3,29,30)(H,32,36)(H,33,34)(H,37,38). The Morgan fingerprint density at radius 1 is 1.13 bits per heavy atom. The fourth-order valence-electron chi connectivity index (χ4n) is 5.04. The number of aromatic amines is 1. The third-order valence-corrected chi connectivity index (χ3v) is 7.28. The molecule has 2 aromatic carbocycles. The zero-order valence-corrected chi connectivity index (χ0v) is 22.3. The highest BCUT2D eigenvalue weighted by molar-refractivity contribution is 5.95. The fourth-order valence-corrected chi connectivity index (χ4v) is 5.04. The lowest BCUT2D eigenvalue weighted by molar-refractivity contribution is -0.139. The van der Waals surface area contributed by atoms with Crippen molar-refractivity contribution in [2.45, 2.75) is 51.5 Å². The molecule has 2 heterocycles. The summed E-state index contributed by atoms with van der Waals surface area (Å²) in [5.41, 5.74) is 9.19. The number of aryl methyl sites for hydroxylation is 1. The lowest BCUT2D eigenvalue weighted by Crippen LogP contribution is -2.51. The summed E-state index contributed by atoms with van der Waals surface area (Å²) in [5, 5.41) is 22.5. The van der Waals surface area contributed by atoms with Crippen molar-refractivity contribution in [1.29, 1.82) is 5.41 Å². The van der Waals surface area contributed by atoms with Crippen molar-refractivity contribution in [1.82, 2.24) is 20.2 Å². The SMILES string of the molecule is Cc1c(C(C)(CNC(=O)CCC(=O)O)C(=O)N2CCCC2)ccc2[nH]c(CNc3ccc(C(=N)N)cc3)nc12. The monoisotopic (exact) mass is 533 g/mol. The number of aliphatic carboxylic acids is 1. The number of carboxylic acid groups (broad SMARTS) is 1. The summed E-state index contributed by atoms with van der Waals surface area (Å²) in [5.74, 6) is -0.775. The lowest BCUT2D eigenvalue weighted by atomic mass is 9.78. The fraction of sp³-hybridized carbons (Fsp3) is 0.393. The van der Waals surface area contributed by atoms with Gasteiger partial charge in [0, 0.05) is 37.3 Å². The van der Waals surface area contributed by atoms with Gasteiger partial charge in [-0.15, -0.1) is 0 Å². The number of nitrogens with zero attached hydrogens (tertiary/aromatic N) is 2. The zero-order valence-electron chi connectivity index (χ0n) is 22.3.